The number of piperidine rings is 1. The van der Waals surface area contributed by atoms with Crippen LogP contribution in [0.25, 0.3) is 0 Å². The molecule has 2 unspecified atom stereocenters. The second kappa shape index (κ2) is 6.23. The normalized spacial score (nSPS) is 30.6. The van der Waals surface area contributed by atoms with Crippen LogP contribution >= 0.6 is 0 Å². The molecule has 2 N–H and O–H groups in total. The quantitative estimate of drug-likeness (QED) is 0.815. The lowest BCUT2D eigenvalue weighted by Gasteiger charge is -2.40. The number of hydrogen-bond acceptors (Lipinski definition) is 3. The molecule has 0 radical (unpaired) electrons. The van der Waals surface area contributed by atoms with E-state index in [0.717, 1.165) is 38.5 Å². The van der Waals surface area contributed by atoms with Crippen molar-refractivity contribution in [2.45, 2.75) is 76.4 Å². The molecule has 4 nitrogen and oxygen atoms in total. The van der Waals surface area contributed by atoms with Crippen molar-refractivity contribution in [2.24, 2.45) is 0 Å². The van der Waals surface area contributed by atoms with E-state index in [2.05, 4.69) is 19.2 Å². The minimum Gasteiger partial charge on any atom is -0.394 e. The summed E-state index contributed by atoms with van der Waals surface area (Å²) in [5.74, 6) is 0.194. The third-order valence-corrected chi connectivity index (χ3v) is 4.96. The summed E-state index contributed by atoms with van der Waals surface area (Å²) in [5, 5.41) is 12.9. The van der Waals surface area contributed by atoms with Gasteiger partial charge in [-0.3, -0.25) is 4.79 Å². The van der Waals surface area contributed by atoms with Crippen molar-refractivity contribution < 1.29 is 9.90 Å². The smallest absolute Gasteiger partial charge is 0.237 e. The predicted octanol–water partition coefficient (Wildman–Crippen LogP) is 1.67. The highest BCUT2D eigenvalue weighted by Gasteiger charge is 2.35. The van der Waals surface area contributed by atoms with E-state index in [-0.39, 0.29) is 18.1 Å². The molecule has 1 amide bonds. The molecule has 2 atom stereocenters. The Balaban J connectivity index is 1.89. The topological polar surface area (TPSA) is 52.6 Å². The van der Waals surface area contributed by atoms with Gasteiger partial charge >= 0.3 is 0 Å². The number of carbonyl (C=O) groups excluding carboxylic acids is 1. The van der Waals surface area contributed by atoms with E-state index in [1.54, 1.807) is 0 Å². The number of nitrogens with zero attached hydrogens (tertiary/aromatic N) is 1. The highest BCUT2D eigenvalue weighted by Crippen LogP contribution is 2.29. The lowest BCUT2D eigenvalue weighted by Crippen LogP contribution is -2.54. The number of nitrogens with one attached hydrogen (secondary N) is 1. The van der Waals surface area contributed by atoms with E-state index < -0.39 is 0 Å². The average molecular weight is 268 g/mol. The number of aliphatic hydroxyl groups is 1. The maximum atomic E-state index is 12.4. The number of aliphatic hydroxyl groups excluding tert-OH is 1. The van der Waals surface area contributed by atoms with Gasteiger partial charge in [0.15, 0.2) is 0 Å². The summed E-state index contributed by atoms with van der Waals surface area (Å²) in [6, 6.07) is 0.707. The van der Waals surface area contributed by atoms with Gasteiger partial charge in [-0.05, 0) is 46.0 Å². The molecule has 0 bridgehead atoms. The Morgan fingerprint density at radius 1 is 1.21 bits per heavy atom. The Morgan fingerprint density at radius 3 is 2.32 bits per heavy atom. The van der Waals surface area contributed by atoms with Crippen LogP contribution in [-0.4, -0.2) is 46.7 Å². The molecule has 0 spiro atoms. The number of likely N-dealkylation sites (tertiary alicyclic amines) is 1. The minimum absolute atomic E-state index is 0.144. The Morgan fingerprint density at radius 2 is 1.79 bits per heavy atom. The van der Waals surface area contributed by atoms with E-state index in [9.17, 15) is 9.90 Å². The van der Waals surface area contributed by atoms with E-state index in [0.29, 0.717) is 18.6 Å². The van der Waals surface area contributed by atoms with Gasteiger partial charge < -0.3 is 15.3 Å². The Labute approximate surface area is 116 Å². The molecule has 1 saturated heterocycles. The van der Waals surface area contributed by atoms with Crippen LogP contribution in [0.5, 0.6) is 0 Å². The molecule has 0 aromatic rings. The molecule has 0 aromatic heterocycles. The molecular formula is C15H28N2O2. The third-order valence-electron chi connectivity index (χ3n) is 4.96. The molecule has 2 rings (SSSR count). The van der Waals surface area contributed by atoms with E-state index in [1.165, 1.54) is 6.42 Å². The number of rotatable bonds is 4. The van der Waals surface area contributed by atoms with Crippen molar-refractivity contribution in [3.8, 4) is 0 Å². The number of amides is 1. The van der Waals surface area contributed by atoms with Gasteiger partial charge in [-0.25, -0.2) is 0 Å². The maximum Gasteiger partial charge on any atom is 0.237 e. The summed E-state index contributed by atoms with van der Waals surface area (Å²) < 4.78 is 0. The number of carbonyl (C=O) groups is 1. The van der Waals surface area contributed by atoms with Crippen molar-refractivity contribution in [3.05, 3.63) is 0 Å². The SMILES string of the molecule is CC1CCCC(C)N1C(=O)CNC1(CO)CCCC1. The molecule has 2 fully saturated rings. The summed E-state index contributed by atoms with van der Waals surface area (Å²) in [4.78, 5) is 14.5. The van der Waals surface area contributed by atoms with Gasteiger partial charge in [0, 0.05) is 17.6 Å². The van der Waals surface area contributed by atoms with Crippen molar-refractivity contribution in [2.75, 3.05) is 13.2 Å². The molecule has 110 valence electrons. The van der Waals surface area contributed by atoms with Crippen LogP contribution in [0.15, 0.2) is 0 Å². The highest BCUT2D eigenvalue weighted by molar-refractivity contribution is 5.79. The molecule has 1 heterocycles. The van der Waals surface area contributed by atoms with Gasteiger partial charge in [-0.2, -0.15) is 0 Å². The van der Waals surface area contributed by atoms with Crippen LogP contribution in [0.3, 0.4) is 0 Å². The van der Waals surface area contributed by atoms with E-state index >= 15 is 0 Å². The minimum atomic E-state index is -0.197. The lowest BCUT2D eigenvalue weighted by atomic mass is 9.96. The lowest BCUT2D eigenvalue weighted by molar-refractivity contribution is -0.136. The van der Waals surface area contributed by atoms with Gasteiger partial charge in [-0.1, -0.05) is 12.8 Å². The molecule has 2 aliphatic rings. The maximum absolute atomic E-state index is 12.4. The van der Waals surface area contributed by atoms with Gasteiger partial charge in [0.05, 0.1) is 13.2 Å². The zero-order valence-electron chi connectivity index (χ0n) is 12.3. The van der Waals surface area contributed by atoms with Gasteiger partial charge in [-0.15, -0.1) is 0 Å². The van der Waals surface area contributed by atoms with Crippen LogP contribution < -0.4 is 5.32 Å². The first kappa shape index (κ1) is 14.8. The Bertz CT molecular complexity index is 303. The second-order valence-corrected chi connectivity index (χ2v) is 6.43. The Kier molecular flexibility index (Phi) is 4.85. The fraction of sp³-hybridized carbons (Fsp3) is 0.933. The molecule has 0 aromatic carbocycles. The van der Waals surface area contributed by atoms with Crippen LogP contribution in [0.1, 0.15) is 58.8 Å². The summed E-state index contributed by atoms with van der Waals surface area (Å²) >= 11 is 0. The van der Waals surface area contributed by atoms with Gasteiger partial charge in [0.25, 0.3) is 0 Å². The molecule has 1 aliphatic carbocycles. The zero-order valence-corrected chi connectivity index (χ0v) is 12.3. The largest absolute Gasteiger partial charge is 0.394 e. The van der Waals surface area contributed by atoms with Gasteiger partial charge in [0.2, 0.25) is 5.91 Å². The zero-order chi connectivity index (χ0) is 13.9. The molecular weight excluding hydrogens is 240 g/mol. The Hall–Kier alpha value is -0.610. The predicted molar refractivity (Wildman–Crippen MR) is 75.9 cm³/mol. The summed E-state index contributed by atoms with van der Waals surface area (Å²) in [6.07, 6.45) is 7.73. The van der Waals surface area contributed by atoms with Crippen LogP contribution in [-0.2, 0) is 4.79 Å². The first-order chi connectivity index (χ1) is 9.08. The first-order valence-corrected chi connectivity index (χ1v) is 7.75. The molecule has 1 aliphatic heterocycles. The first-order valence-electron chi connectivity index (χ1n) is 7.75. The van der Waals surface area contributed by atoms with Crippen LogP contribution in [0.4, 0.5) is 0 Å². The van der Waals surface area contributed by atoms with Crippen molar-refractivity contribution in [1.82, 2.24) is 10.2 Å². The summed E-state index contributed by atoms with van der Waals surface area (Å²) in [5.41, 5.74) is -0.197. The highest BCUT2D eigenvalue weighted by atomic mass is 16.3. The number of hydrogen-bond donors (Lipinski definition) is 2. The van der Waals surface area contributed by atoms with Crippen molar-refractivity contribution in [1.29, 1.82) is 0 Å². The van der Waals surface area contributed by atoms with Crippen molar-refractivity contribution >= 4 is 5.91 Å². The molecule has 4 heteroatoms. The third kappa shape index (κ3) is 3.29. The van der Waals surface area contributed by atoms with E-state index in [4.69, 9.17) is 0 Å². The average Bonchev–Trinajstić information content (AvgIpc) is 2.86. The molecule has 19 heavy (non-hydrogen) atoms. The summed E-state index contributed by atoms with van der Waals surface area (Å²) in [6.45, 7) is 4.80. The van der Waals surface area contributed by atoms with Gasteiger partial charge in [0.1, 0.15) is 0 Å². The molecule has 1 saturated carbocycles. The van der Waals surface area contributed by atoms with E-state index in [1.807, 2.05) is 4.90 Å². The van der Waals surface area contributed by atoms with Crippen LogP contribution in [0, 0.1) is 0 Å². The second-order valence-electron chi connectivity index (χ2n) is 6.43. The van der Waals surface area contributed by atoms with Crippen molar-refractivity contribution in [3.63, 3.8) is 0 Å². The summed E-state index contributed by atoms with van der Waals surface area (Å²) in [7, 11) is 0. The van der Waals surface area contributed by atoms with Crippen LogP contribution in [0.2, 0.25) is 0 Å². The standard InChI is InChI=1S/C15H28N2O2/c1-12-6-5-7-13(2)17(12)14(19)10-16-15(11-18)8-3-4-9-15/h12-13,16,18H,3-11H2,1-2H3. The fourth-order valence-corrected chi connectivity index (χ4v) is 3.71. The fourth-order valence-electron chi connectivity index (χ4n) is 3.71. The monoisotopic (exact) mass is 268 g/mol.